The third-order valence-electron chi connectivity index (χ3n) is 3.83. The third-order valence-corrected chi connectivity index (χ3v) is 5.00. The highest BCUT2D eigenvalue weighted by atomic mass is 32.1. The summed E-state index contributed by atoms with van der Waals surface area (Å²) in [6.07, 6.45) is 3.26. The molecule has 1 saturated heterocycles. The molecule has 1 aliphatic rings. The largest absolute Gasteiger partial charge is 0.474 e. The Morgan fingerprint density at radius 1 is 1.43 bits per heavy atom. The molecule has 0 spiro atoms. The number of hydrogen-bond donors (Lipinski definition) is 2. The highest BCUT2D eigenvalue weighted by Gasteiger charge is 2.21. The van der Waals surface area contributed by atoms with Crippen molar-refractivity contribution in [2.75, 3.05) is 25.6 Å². The van der Waals surface area contributed by atoms with Crippen LogP contribution in [0.25, 0.3) is 10.2 Å². The number of anilines is 1. The summed E-state index contributed by atoms with van der Waals surface area (Å²) in [5, 5.41) is 0.995. The van der Waals surface area contributed by atoms with Gasteiger partial charge in [-0.15, -0.1) is 11.3 Å². The van der Waals surface area contributed by atoms with E-state index in [-0.39, 0.29) is 6.10 Å². The lowest BCUT2D eigenvalue weighted by atomic mass is 10.1. The van der Waals surface area contributed by atoms with Gasteiger partial charge in [-0.2, -0.15) is 4.98 Å². The number of piperidine rings is 1. The molecule has 3 heterocycles. The lowest BCUT2D eigenvalue weighted by molar-refractivity contribution is 0.111. The predicted octanol–water partition coefficient (Wildman–Crippen LogP) is 2.01. The molecule has 0 atom stereocenters. The fraction of sp³-hybridized carbons (Fsp3) is 0.571. The molecule has 0 radical (unpaired) electrons. The summed E-state index contributed by atoms with van der Waals surface area (Å²) in [6, 6.07) is 2.13. The molecule has 3 rings (SSSR count). The summed E-state index contributed by atoms with van der Waals surface area (Å²) in [5.41, 5.74) is 2.53. The number of aryl methyl sites for hydroxylation is 1. The molecule has 0 saturated carbocycles. The number of nitrogens with zero attached hydrogens (tertiary/aromatic N) is 3. The summed E-state index contributed by atoms with van der Waals surface area (Å²) in [6.45, 7) is 4.26. The number of hydrogen-bond acceptors (Lipinski definition) is 7. The molecule has 1 fully saturated rings. The number of nitrogens with two attached hydrogens (primary N) is 1. The van der Waals surface area contributed by atoms with Crippen molar-refractivity contribution in [3.8, 4) is 5.88 Å². The molecule has 2 aromatic heterocycles. The molecule has 0 aliphatic carbocycles. The zero-order chi connectivity index (χ0) is 14.8. The van der Waals surface area contributed by atoms with Crippen molar-refractivity contribution in [3.63, 3.8) is 0 Å². The fourth-order valence-electron chi connectivity index (χ4n) is 2.53. The Balaban J connectivity index is 1.90. The molecule has 0 aromatic carbocycles. The van der Waals surface area contributed by atoms with Gasteiger partial charge in [-0.1, -0.05) is 6.92 Å². The Kier molecular flexibility index (Phi) is 4.23. The topological polar surface area (TPSA) is 76.3 Å². The van der Waals surface area contributed by atoms with Crippen molar-refractivity contribution >= 4 is 27.5 Å². The molecule has 21 heavy (non-hydrogen) atoms. The first-order valence-electron chi connectivity index (χ1n) is 7.32. The number of thiophene rings is 1. The Bertz CT molecular complexity index is 621. The Morgan fingerprint density at radius 2 is 2.19 bits per heavy atom. The summed E-state index contributed by atoms with van der Waals surface area (Å²) in [7, 11) is 2.14. The van der Waals surface area contributed by atoms with Crippen LogP contribution in [0.3, 0.4) is 0 Å². The number of ether oxygens (including phenoxy) is 1. The van der Waals surface area contributed by atoms with Gasteiger partial charge in [0.05, 0.1) is 5.39 Å². The van der Waals surface area contributed by atoms with Crippen LogP contribution in [-0.2, 0) is 6.42 Å². The maximum absolute atomic E-state index is 6.15. The van der Waals surface area contributed by atoms with E-state index in [2.05, 4.69) is 40.3 Å². The lowest BCUT2D eigenvalue weighted by Gasteiger charge is -2.29. The van der Waals surface area contributed by atoms with Gasteiger partial charge in [0, 0.05) is 18.0 Å². The smallest absolute Gasteiger partial charge is 0.241 e. The van der Waals surface area contributed by atoms with Gasteiger partial charge in [-0.3, -0.25) is 5.43 Å². The van der Waals surface area contributed by atoms with Crippen molar-refractivity contribution in [1.82, 2.24) is 14.9 Å². The van der Waals surface area contributed by atoms with E-state index >= 15 is 0 Å². The van der Waals surface area contributed by atoms with Crippen LogP contribution in [0.15, 0.2) is 6.07 Å². The molecular weight excluding hydrogens is 286 g/mol. The molecule has 0 amide bonds. The highest BCUT2D eigenvalue weighted by molar-refractivity contribution is 7.18. The van der Waals surface area contributed by atoms with Gasteiger partial charge in [0.25, 0.3) is 0 Å². The van der Waals surface area contributed by atoms with Crippen LogP contribution in [0.4, 0.5) is 5.95 Å². The minimum atomic E-state index is 0.218. The Morgan fingerprint density at radius 3 is 2.86 bits per heavy atom. The van der Waals surface area contributed by atoms with Crippen molar-refractivity contribution in [2.45, 2.75) is 32.3 Å². The van der Waals surface area contributed by atoms with Gasteiger partial charge in [0.2, 0.25) is 11.8 Å². The van der Waals surface area contributed by atoms with Gasteiger partial charge >= 0.3 is 0 Å². The average molecular weight is 307 g/mol. The van der Waals surface area contributed by atoms with Crippen molar-refractivity contribution in [2.24, 2.45) is 5.84 Å². The average Bonchev–Trinajstić information content (AvgIpc) is 2.92. The van der Waals surface area contributed by atoms with Gasteiger partial charge < -0.3 is 9.64 Å². The Labute approximate surface area is 128 Å². The molecule has 6 nitrogen and oxygen atoms in total. The first-order chi connectivity index (χ1) is 10.2. The monoisotopic (exact) mass is 307 g/mol. The zero-order valence-corrected chi connectivity index (χ0v) is 13.2. The standard InChI is InChI=1S/C14H21N5OS/c1-3-10-8-11-12(16-14(18-15)17-13(11)21-10)20-9-4-6-19(2)7-5-9/h8-9H,3-7,15H2,1-2H3,(H,16,17,18). The summed E-state index contributed by atoms with van der Waals surface area (Å²) >= 11 is 1.67. The number of likely N-dealkylation sites (tertiary alicyclic amines) is 1. The lowest BCUT2D eigenvalue weighted by Crippen LogP contribution is -2.35. The second-order valence-corrected chi connectivity index (χ2v) is 6.52. The molecule has 114 valence electrons. The first kappa shape index (κ1) is 14.5. The van der Waals surface area contributed by atoms with E-state index in [9.17, 15) is 0 Å². The molecule has 1 aliphatic heterocycles. The van der Waals surface area contributed by atoms with E-state index in [1.807, 2.05) is 0 Å². The molecule has 2 aromatic rings. The van der Waals surface area contributed by atoms with E-state index in [0.29, 0.717) is 11.8 Å². The van der Waals surface area contributed by atoms with E-state index in [0.717, 1.165) is 42.6 Å². The van der Waals surface area contributed by atoms with Crippen LogP contribution in [0.2, 0.25) is 0 Å². The number of rotatable bonds is 4. The number of aromatic nitrogens is 2. The molecule has 0 bridgehead atoms. The van der Waals surface area contributed by atoms with Crippen molar-refractivity contribution in [1.29, 1.82) is 0 Å². The molecule has 0 unspecified atom stereocenters. The van der Waals surface area contributed by atoms with E-state index in [1.165, 1.54) is 4.88 Å². The van der Waals surface area contributed by atoms with E-state index in [1.54, 1.807) is 11.3 Å². The van der Waals surface area contributed by atoms with Gasteiger partial charge in [0.15, 0.2) is 0 Å². The maximum Gasteiger partial charge on any atom is 0.241 e. The van der Waals surface area contributed by atoms with Gasteiger partial charge in [-0.05, 0) is 32.4 Å². The fourth-order valence-corrected chi connectivity index (χ4v) is 3.49. The van der Waals surface area contributed by atoms with Crippen LogP contribution in [0, 0.1) is 0 Å². The molecule has 3 N–H and O–H groups in total. The number of fused-ring (bicyclic) bond motifs is 1. The van der Waals surface area contributed by atoms with Crippen LogP contribution >= 0.6 is 11.3 Å². The Hall–Kier alpha value is -1.44. The predicted molar refractivity (Wildman–Crippen MR) is 85.8 cm³/mol. The minimum absolute atomic E-state index is 0.218. The quantitative estimate of drug-likeness (QED) is 0.665. The highest BCUT2D eigenvalue weighted by Crippen LogP contribution is 2.32. The maximum atomic E-state index is 6.15. The number of hydrazine groups is 1. The second-order valence-electron chi connectivity index (χ2n) is 5.40. The van der Waals surface area contributed by atoms with Crippen LogP contribution in [0.5, 0.6) is 5.88 Å². The second kappa shape index (κ2) is 6.13. The van der Waals surface area contributed by atoms with Crippen LogP contribution in [-0.4, -0.2) is 41.1 Å². The molecule has 7 heteroatoms. The normalized spacial score (nSPS) is 17.3. The summed E-state index contributed by atoms with van der Waals surface area (Å²) in [4.78, 5) is 13.3. The summed E-state index contributed by atoms with van der Waals surface area (Å²) in [5.74, 6) is 6.53. The van der Waals surface area contributed by atoms with Gasteiger partial charge in [0.1, 0.15) is 10.9 Å². The van der Waals surface area contributed by atoms with Gasteiger partial charge in [-0.25, -0.2) is 10.8 Å². The minimum Gasteiger partial charge on any atom is -0.474 e. The molecular formula is C14H21N5OS. The van der Waals surface area contributed by atoms with Crippen LogP contribution in [0.1, 0.15) is 24.6 Å². The van der Waals surface area contributed by atoms with E-state index in [4.69, 9.17) is 10.6 Å². The van der Waals surface area contributed by atoms with Crippen molar-refractivity contribution in [3.05, 3.63) is 10.9 Å². The van der Waals surface area contributed by atoms with E-state index < -0.39 is 0 Å². The van der Waals surface area contributed by atoms with Crippen molar-refractivity contribution < 1.29 is 4.74 Å². The third kappa shape index (κ3) is 3.09. The SMILES string of the molecule is CCc1cc2c(OC3CCN(C)CC3)nc(NN)nc2s1. The summed E-state index contributed by atoms with van der Waals surface area (Å²) < 4.78 is 6.15. The van der Waals surface area contributed by atoms with Crippen LogP contribution < -0.4 is 16.0 Å². The number of nitrogen functional groups attached to an aromatic ring is 1. The zero-order valence-electron chi connectivity index (χ0n) is 12.4. The first-order valence-corrected chi connectivity index (χ1v) is 8.13. The number of nitrogens with one attached hydrogen (secondary N) is 1.